The number of hydrogen-bond donors (Lipinski definition) is 1. The number of carbonyl (C=O) groups excluding carboxylic acids is 1. The molecule has 0 saturated heterocycles. The highest BCUT2D eigenvalue weighted by molar-refractivity contribution is 9.11. The Bertz CT molecular complexity index is 1130. The number of benzene rings is 2. The highest BCUT2D eigenvalue weighted by Crippen LogP contribution is 2.33. The summed E-state index contributed by atoms with van der Waals surface area (Å²) >= 11 is 5.22. The average molecular weight is 453 g/mol. The van der Waals surface area contributed by atoms with Gasteiger partial charge in [-0.15, -0.1) is 11.3 Å². The van der Waals surface area contributed by atoms with Crippen molar-refractivity contribution in [2.75, 3.05) is 0 Å². The van der Waals surface area contributed by atoms with Crippen molar-refractivity contribution in [3.05, 3.63) is 92.9 Å². The number of hydrogen-bond acceptors (Lipinski definition) is 2. The number of thiophene rings is 1. The van der Waals surface area contributed by atoms with Crippen LogP contribution >= 0.6 is 27.3 Å². The van der Waals surface area contributed by atoms with Crippen LogP contribution in [0.1, 0.15) is 40.1 Å². The molecule has 1 N–H and O–H groups in total. The molecule has 0 aliphatic heterocycles. The van der Waals surface area contributed by atoms with Crippen LogP contribution in [0.25, 0.3) is 10.2 Å². The Hall–Kier alpha value is -2.37. The van der Waals surface area contributed by atoms with Gasteiger partial charge in [0.25, 0.3) is 5.91 Å². The molecule has 2 aromatic heterocycles. The van der Waals surface area contributed by atoms with Crippen LogP contribution in [-0.2, 0) is 6.54 Å². The van der Waals surface area contributed by atoms with E-state index in [1.807, 2.05) is 43.3 Å². The largest absolute Gasteiger partial charge is 0.344 e. The van der Waals surface area contributed by atoms with Crippen LogP contribution in [0.15, 0.2) is 70.5 Å². The fourth-order valence-electron chi connectivity index (χ4n) is 3.46. The molecule has 0 aliphatic rings. The minimum atomic E-state index is -0.0548. The first-order chi connectivity index (χ1) is 13.5. The van der Waals surface area contributed by atoms with Crippen molar-refractivity contribution in [3.63, 3.8) is 0 Å². The third kappa shape index (κ3) is 3.91. The van der Waals surface area contributed by atoms with Crippen molar-refractivity contribution < 1.29 is 4.79 Å². The van der Waals surface area contributed by atoms with E-state index in [4.69, 9.17) is 0 Å². The summed E-state index contributed by atoms with van der Waals surface area (Å²) < 4.78 is 4.29. The predicted molar refractivity (Wildman–Crippen MR) is 120 cm³/mol. The van der Waals surface area contributed by atoms with E-state index in [0.717, 1.165) is 19.6 Å². The van der Waals surface area contributed by atoms with Crippen LogP contribution in [0.2, 0.25) is 0 Å². The molecule has 5 heteroatoms. The Kier molecular flexibility index (Phi) is 5.38. The lowest BCUT2D eigenvalue weighted by Gasteiger charge is -2.16. The number of aromatic nitrogens is 1. The number of amides is 1. The van der Waals surface area contributed by atoms with Crippen molar-refractivity contribution in [1.82, 2.24) is 9.88 Å². The molecule has 0 aliphatic carbocycles. The van der Waals surface area contributed by atoms with E-state index in [0.29, 0.717) is 12.2 Å². The Morgan fingerprint density at radius 1 is 1.11 bits per heavy atom. The molecular formula is C23H21BrN2OS. The summed E-state index contributed by atoms with van der Waals surface area (Å²) in [7, 11) is 0. The fourth-order valence-corrected chi connectivity index (χ4v) is 5.02. The molecule has 2 heterocycles. The number of fused-ring (bicyclic) bond motifs is 1. The molecule has 4 aromatic rings. The summed E-state index contributed by atoms with van der Waals surface area (Å²) in [6, 6.07) is 22.5. The summed E-state index contributed by atoms with van der Waals surface area (Å²) in [5.74, 6) is -0.0523. The Labute approximate surface area is 177 Å². The topological polar surface area (TPSA) is 34.0 Å². The highest BCUT2D eigenvalue weighted by Gasteiger charge is 2.19. The number of aryl methyl sites for hydroxylation is 1. The SMILES string of the molecule is Cc1cccc(Cn2c(C(=O)NC(C)c3ccccc3)cc3sc(Br)cc32)c1. The molecule has 1 unspecified atom stereocenters. The molecule has 0 spiro atoms. The number of nitrogens with one attached hydrogen (secondary N) is 1. The van der Waals surface area contributed by atoms with Gasteiger partial charge in [0.1, 0.15) is 5.69 Å². The molecule has 4 rings (SSSR count). The second kappa shape index (κ2) is 7.94. The standard InChI is InChI=1S/C23H21BrN2OS/c1-15-7-6-8-17(11-15)14-26-19-13-22(24)28-21(19)12-20(26)23(27)25-16(2)18-9-4-3-5-10-18/h3-13,16H,14H2,1-2H3,(H,25,27). The van der Waals surface area contributed by atoms with Gasteiger partial charge in [0.2, 0.25) is 0 Å². The predicted octanol–water partition coefficient (Wildman–Crippen LogP) is 6.31. The maximum Gasteiger partial charge on any atom is 0.268 e. The molecule has 2 aromatic carbocycles. The van der Waals surface area contributed by atoms with E-state index < -0.39 is 0 Å². The zero-order chi connectivity index (χ0) is 19.7. The van der Waals surface area contributed by atoms with Crippen LogP contribution in [-0.4, -0.2) is 10.5 Å². The second-order valence-corrected chi connectivity index (χ2v) is 9.47. The number of rotatable bonds is 5. The molecule has 0 radical (unpaired) electrons. The van der Waals surface area contributed by atoms with Gasteiger partial charge in [0.15, 0.2) is 0 Å². The first-order valence-electron chi connectivity index (χ1n) is 9.21. The van der Waals surface area contributed by atoms with E-state index in [9.17, 15) is 4.79 Å². The van der Waals surface area contributed by atoms with E-state index in [-0.39, 0.29) is 11.9 Å². The number of carbonyl (C=O) groups is 1. The minimum Gasteiger partial charge on any atom is -0.344 e. The van der Waals surface area contributed by atoms with Gasteiger partial charge in [-0.3, -0.25) is 4.79 Å². The molecule has 0 bridgehead atoms. The Morgan fingerprint density at radius 3 is 2.64 bits per heavy atom. The van der Waals surface area contributed by atoms with E-state index in [1.54, 1.807) is 11.3 Å². The summed E-state index contributed by atoms with van der Waals surface area (Å²) in [5, 5.41) is 3.15. The Balaban J connectivity index is 1.68. The molecule has 1 amide bonds. The minimum absolute atomic E-state index is 0.0523. The molecule has 0 fully saturated rings. The maximum absolute atomic E-state index is 13.1. The first-order valence-corrected chi connectivity index (χ1v) is 10.8. The molecule has 3 nitrogen and oxygen atoms in total. The summed E-state index contributed by atoms with van der Waals surface area (Å²) in [5.41, 5.74) is 5.27. The zero-order valence-corrected chi connectivity index (χ0v) is 18.2. The van der Waals surface area contributed by atoms with E-state index in [1.165, 1.54) is 11.1 Å². The molecule has 142 valence electrons. The summed E-state index contributed by atoms with van der Waals surface area (Å²) in [4.78, 5) is 13.1. The van der Waals surface area contributed by atoms with Crippen molar-refractivity contribution >= 4 is 43.4 Å². The molecule has 28 heavy (non-hydrogen) atoms. The molecule has 0 saturated carbocycles. The monoisotopic (exact) mass is 452 g/mol. The van der Waals surface area contributed by atoms with Gasteiger partial charge in [0, 0.05) is 6.54 Å². The maximum atomic E-state index is 13.1. The number of halogens is 1. The molecular weight excluding hydrogens is 432 g/mol. The van der Waals surface area contributed by atoms with Gasteiger partial charge in [-0.2, -0.15) is 0 Å². The van der Waals surface area contributed by atoms with Gasteiger partial charge in [0.05, 0.1) is 20.0 Å². The van der Waals surface area contributed by atoms with Crippen molar-refractivity contribution in [2.24, 2.45) is 0 Å². The lowest BCUT2D eigenvalue weighted by Crippen LogP contribution is -2.28. The van der Waals surface area contributed by atoms with Gasteiger partial charge < -0.3 is 9.88 Å². The van der Waals surface area contributed by atoms with Crippen LogP contribution in [0.4, 0.5) is 0 Å². The van der Waals surface area contributed by atoms with Gasteiger partial charge in [-0.05, 0) is 53.0 Å². The van der Waals surface area contributed by atoms with Crippen LogP contribution in [0, 0.1) is 6.92 Å². The third-order valence-corrected chi connectivity index (χ3v) is 6.44. The fraction of sp³-hybridized carbons (Fsp3) is 0.174. The van der Waals surface area contributed by atoms with Gasteiger partial charge in [-0.1, -0.05) is 60.2 Å². The second-order valence-electron chi connectivity index (χ2n) is 7.01. The van der Waals surface area contributed by atoms with Crippen LogP contribution in [0.5, 0.6) is 0 Å². The van der Waals surface area contributed by atoms with Gasteiger partial charge >= 0.3 is 0 Å². The highest BCUT2D eigenvalue weighted by atomic mass is 79.9. The van der Waals surface area contributed by atoms with Crippen molar-refractivity contribution in [3.8, 4) is 0 Å². The quantitative estimate of drug-likeness (QED) is 0.377. The van der Waals surface area contributed by atoms with Crippen molar-refractivity contribution in [1.29, 1.82) is 0 Å². The summed E-state index contributed by atoms with van der Waals surface area (Å²) in [6.07, 6.45) is 0. The first kappa shape index (κ1) is 19.0. The summed E-state index contributed by atoms with van der Waals surface area (Å²) in [6.45, 7) is 4.77. The zero-order valence-electron chi connectivity index (χ0n) is 15.8. The van der Waals surface area contributed by atoms with Gasteiger partial charge in [-0.25, -0.2) is 0 Å². The lowest BCUT2D eigenvalue weighted by atomic mass is 10.1. The lowest BCUT2D eigenvalue weighted by molar-refractivity contribution is 0.0931. The molecule has 1 atom stereocenters. The average Bonchev–Trinajstić information content (AvgIpc) is 3.19. The van der Waals surface area contributed by atoms with Crippen LogP contribution < -0.4 is 5.32 Å². The smallest absolute Gasteiger partial charge is 0.268 e. The normalized spacial score (nSPS) is 12.2. The van der Waals surface area contributed by atoms with E-state index in [2.05, 4.69) is 63.1 Å². The van der Waals surface area contributed by atoms with Crippen LogP contribution in [0.3, 0.4) is 0 Å². The van der Waals surface area contributed by atoms with Crippen molar-refractivity contribution in [2.45, 2.75) is 26.4 Å². The number of nitrogens with zero attached hydrogens (tertiary/aromatic N) is 1. The third-order valence-electron chi connectivity index (χ3n) is 4.86. The Morgan fingerprint density at radius 2 is 1.89 bits per heavy atom. The van der Waals surface area contributed by atoms with E-state index >= 15 is 0 Å².